The van der Waals surface area contributed by atoms with Crippen molar-refractivity contribution in [2.75, 3.05) is 18.6 Å². The largest absolute Gasteiger partial charge is 0.393 e. The van der Waals surface area contributed by atoms with E-state index in [1.54, 1.807) is 14.0 Å². The maximum absolute atomic E-state index is 11.2. The number of sulfone groups is 1. The summed E-state index contributed by atoms with van der Waals surface area (Å²) < 4.78 is 27.6. The number of hydrogen-bond donors (Lipinski definition) is 1. The van der Waals surface area contributed by atoms with Crippen LogP contribution in [0.4, 0.5) is 0 Å². The zero-order chi connectivity index (χ0) is 12.8. The Balaban J connectivity index is 3.87. The Hall–Kier alpha value is -0.130. The average molecular weight is 252 g/mol. The second kappa shape index (κ2) is 6.57. The molecule has 0 aliphatic rings. The standard InChI is InChI=1S/C11H24O4S/c1-5-16(13,14)8-6-7-10(12)9-11(2,3)15-4/h10,12H,5-9H2,1-4H3. The van der Waals surface area contributed by atoms with Crippen LogP contribution in [0.25, 0.3) is 0 Å². The van der Waals surface area contributed by atoms with Gasteiger partial charge in [-0.15, -0.1) is 0 Å². The van der Waals surface area contributed by atoms with Crippen molar-refractivity contribution in [1.29, 1.82) is 0 Å². The molecule has 5 heteroatoms. The molecule has 98 valence electrons. The molecule has 0 aliphatic carbocycles. The number of rotatable bonds is 8. The molecular formula is C11H24O4S. The lowest BCUT2D eigenvalue weighted by Gasteiger charge is -2.25. The van der Waals surface area contributed by atoms with Gasteiger partial charge in [-0.05, 0) is 26.7 Å². The van der Waals surface area contributed by atoms with Gasteiger partial charge in [-0.2, -0.15) is 0 Å². The van der Waals surface area contributed by atoms with Gasteiger partial charge in [0.25, 0.3) is 0 Å². The number of hydrogen-bond acceptors (Lipinski definition) is 4. The van der Waals surface area contributed by atoms with Crippen molar-refractivity contribution >= 4 is 9.84 Å². The van der Waals surface area contributed by atoms with Crippen LogP contribution in [0, 0.1) is 0 Å². The van der Waals surface area contributed by atoms with Gasteiger partial charge in [0.1, 0.15) is 9.84 Å². The SMILES string of the molecule is CCS(=O)(=O)CCCC(O)CC(C)(C)OC. The maximum atomic E-state index is 11.2. The van der Waals surface area contributed by atoms with Crippen molar-refractivity contribution < 1.29 is 18.3 Å². The third-order valence-electron chi connectivity index (χ3n) is 2.71. The smallest absolute Gasteiger partial charge is 0.150 e. The van der Waals surface area contributed by atoms with Gasteiger partial charge in [-0.1, -0.05) is 6.92 Å². The third-order valence-corrected chi connectivity index (χ3v) is 4.50. The van der Waals surface area contributed by atoms with Crippen molar-refractivity contribution in [3.05, 3.63) is 0 Å². The molecule has 0 aromatic rings. The number of ether oxygens (including phenoxy) is 1. The van der Waals surface area contributed by atoms with E-state index < -0.39 is 15.9 Å². The van der Waals surface area contributed by atoms with E-state index >= 15 is 0 Å². The molecule has 0 aromatic carbocycles. The van der Waals surface area contributed by atoms with E-state index in [1.807, 2.05) is 13.8 Å². The molecule has 0 spiro atoms. The summed E-state index contributed by atoms with van der Waals surface area (Å²) in [7, 11) is -1.30. The monoisotopic (exact) mass is 252 g/mol. The average Bonchev–Trinajstić information content (AvgIpc) is 2.17. The highest BCUT2D eigenvalue weighted by Gasteiger charge is 2.21. The van der Waals surface area contributed by atoms with Crippen LogP contribution >= 0.6 is 0 Å². The summed E-state index contributed by atoms with van der Waals surface area (Å²) in [5, 5.41) is 9.71. The molecule has 16 heavy (non-hydrogen) atoms. The number of aliphatic hydroxyl groups excluding tert-OH is 1. The summed E-state index contributed by atoms with van der Waals surface area (Å²) in [5.74, 6) is 0.334. The van der Waals surface area contributed by atoms with Crippen molar-refractivity contribution in [1.82, 2.24) is 0 Å². The first-order valence-corrected chi connectivity index (χ1v) is 7.48. The van der Waals surface area contributed by atoms with Crippen molar-refractivity contribution in [2.24, 2.45) is 0 Å². The van der Waals surface area contributed by atoms with Crippen LogP contribution < -0.4 is 0 Å². The summed E-state index contributed by atoms with van der Waals surface area (Å²) in [6, 6.07) is 0. The topological polar surface area (TPSA) is 63.6 Å². The second-order valence-electron chi connectivity index (χ2n) is 4.70. The molecular weight excluding hydrogens is 228 g/mol. The fourth-order valence-corrected chi connectivity index (χ4v) is 2.33. The van der Waals surface area contributed by atoms with Crippen LogP contribution in [-0.2, 0) is 14.6 Å². The van der Waals surface area contributed by atoms with Crippen molar-refractivity contribution in [3.63, 3.8) is 0 Å². The Morgan fingerprint density at radius 2 is 1.94 bits per heavy atom. The van der Waals surface area contributed by atoms with E-state index in [2.05, 4.69) is 0 Å². The molecule has 0 aromatic heterocycles. The molecule has 1 atom stereocenters. The predicted octanol–water partition coefficient (Wildman–Crippen LogP) is 1.38. The Kier molecular flexibility index (Phi) is 6.51. The first-order valence-electron chi connectivity index (χ1n) is 5.66. The van der Waals surface area contributed by atoms with E-state index in [0.29, 0.717) is 19.3 Å². The van der Waals surface area contributed by atoms with Crippen LogP contribution in [0.2, 0.25) is 0 Å². The highest BCUT2D eigenvalue weighted by Crippen LogP contribution is 2.18. The van der Waals surface area contributed by atoms with Gasteiger partial charge in [0.2, 0.25) is 0 Å². The molecule has 1 N–H and O–H groups in total. The molecule has 0 heterocycles. The van der Waals surface area contributed by atoms with Crippen LogP contribution in [0.5, 0.6) is 0 Å². The quantitative estimate of drug-likeness (QED) is 0.709. The zero-order valence-corrected chi connectivity index (χ0v) is 11.5. The van der Waals surface area contributed by atoms with Crippen molar-refractivity contribution in [2.45, 2.75) is 51.7 Å². The van der Waals surface area contributed by atoms with E-state index in [1.165, 1.54) is 0 Å². The van der Waals surface area contributed by atoms with E-state index in [-0.39, 0.29) is 17.1 Å². The zero-order valence-electron chi connectivity index (χ0n) is 10.7. The predicted molar refractivity (Wildman–Crippen MR) is 65.3 cm³/mol. The van der Waals surface area contributed by atoms with E-state index in [9.17, 15) is 13.5 Å². The Bertz CT molecular complexity index is 282. The fraction of sp³-hybridized carbons (Fsp3) is 1.00. The summed E-state index contributed by atoms with van der Waals surface area (Å²) in [5.41, 5.74) is -0.358. The van der Waals surface area contributed by atoms with Crippen LogP contribution in [-0.4, -0.2) is 43.8 Å². The molecule has 0 radical (unpaired) electrons. The van der Waals surface area contributed by atoms with Gasteiger partial charge >= 0.3 is 0 Å². The number of aliphatic hydroxyl groups is 1. The molecule has 0 fully saturated rings. The summed E-state index contributed by atoms with van der Waals surface area (Å²) in [6.45, 7) is 5.44. The summed E-state index contributed by atoms with van der Waals surface area (Å²) >= 11 is 0. The van der Waals surface area contributed by atoms with Gasteiger partial charge in [-0.3, -0.25) is 0 Å². The molecule has 0 amide bonds. The lowest BCUT2D eigenvalue weighted by Crippen LogP contribution is -2.29. The van der Waals surface area contributed by atoms with Gasteiger partial charge in [0, 0.05) is 19.3 Å². The van der Waals surface area contributed by atoms with Gasteiger partial charge < -0.3 is 9.84 Å². The minimum atomic E-state index is -2.91. The molecule has 0 bridgehead atoms. The highest BCUT2D eigenvalue weighted by atomic mass is 32.2. The van der Waals surface area contributed by atoms with Gasteiger partial charge in [-0.25, -0.2) is 8.42 Å². The summed E-state index contributed by atoms with van der Waals surface area (Å²) in [6.07, 6.45) is 1.04. The van der Waals surface area contributed by atoms with Crippen molar-refractivity contribution in [3.8, 4) is 0 Å². The number of methoxy groups -OCH3 is 1. The summed E-state index contributed by atoms with van der Waals surface area (Å²) in [4.78, 5) is 0. The van der Waals surface area contributed by atoms with Gasteiger partial charge in [0.15, 0.2) is 0 Å². The Morgan fingerprint density at radius 1 is 1.38 bits per heavy atom. The normalized spacial score (nSPS) is 15.1. The molecule has 0 saturated carbocycles. The Morgan fingerprint density at radius 3 is 2.38 bits per heavy atom. The minimum Gasteiger partial charge on any atom is -0.393 e. The Labute approximate surface area is 98.9 Å². The van der Waals surface area contributed by atoms with Crippen LogP contribution in [0.3, 0.4) is 0 Å². The van der Waals surface area contributed by atoms with E-state index in [0.717, 1.165) is 0 Å². The first kappa shape index (κ1) is 15.9. The molecule has 0 aliphatic heterocycles. The second-order valence-corrected chi connectivity index (χ2v) is 7.17. The lowest BCUT2D eigenvalue weighted by atomic mass is 9.98. The first-order chi connectivity index (χ1) is 7.22. The minimum absolute atomic E-state index is 0.161. The molecule has 4 nitrogen and oxygen atoms in total. The molecule has 0 saturated heterocycles. The fourth-order valence-electron chi connectivity index (χ4n) is 1.44. The lowest BCUT2D eigenvalue weighted by molar-refractivity contribution is -0.0211. The third kappa shape index (κ3) is 7.19. The molecule has 0 rings (SSSR count). The molecule has 1 unspecified atom stereocenters. The van der Waals surface area contributed by atoms with E-state index in [4.69, 9.17) is 4.74 Å². The highest BCUT2D eigenvalue weighted by molar-refractivity contribution is 7.91. The van der Waals surface area contributed by atoms with Gasteiger partial charge in [0.05, 0.1) is 17.5 Å². The van der Waals surface area contributed by atoms with Crippen LogP contribution in [0.1, 0.15) is 40.0 Å². The van der Waals surface area contributed by atoms with Crippen LogP contribution in [0.15, 0.2) is 0 Å². The maximum Gasteiger partial charge on any atom is 0.150 e.